The van der Waals surface area contributed by atoms with Crippen LogP contribution in [0.15, 0.2) is 54.7 Å². The molecule has 2 aromatic heterocycles. The summed E-state index contributed by atoms with van der Waals surface area (Å²) in [7, 11) is 0. The summed E-state index contributed by atoms with van der Waals surface area (Å²) in [5.74, 6) is 1.24. The van der Waals surface area contributed by atoms with E-state index in [1.54, 1.807) is 10.9 Å². The second kappa shape index (κ2) is 7.23. The predicted octanol–water partition coefficient (Wildman–Crippen LogP) is 4.62. The molecule has 1 aromatic carbocycles. The van der Waals surface area contributed by atoms with Gasteiger partial charge in [-0.3, -0.25) is 4.79 Å². The molecule has 0 radical (unpaired) electrons. The van der Waals surface area contributed by atoms with E-state index in [9.17, 15) is 4.79 Å². The normalized spacial score (nSPS) is 16.5. The van der Waals surface area contributed by atoms with E-state index in [0.29, 0.717) is 11.6 Å². The summed E-state index contributed by atoms with van der Waals surface area (Å²) in [5, 5.41) is 7.87. The lowest BCUT2D eigenvalue weighted by Gasteiger charge is -2.24. The summed E-state index contributed by atoms with van der Waals surface area (Å²) in [5.41, 5.74) is 3.21. The highest BCUT2D eigenvalue weighted by Gasteiger charge is 2.28. The maximum absolute atomic E-state index is 13.2. The Morgan fingerprint density at radius 3 is 2.68 bits per heavy atom. The van der Waals surface area contributed by atoms with Crippen molar-refractivity contribution in [2.45, 2.75) is 51.4 Å². The Balaban J connectivity index is 1.68. The molecule has 2 heterocycles. The third-order valence-electron chi connectivity index (χ3n) is 5.28. The van der Waals surface area contributed by atoms with Gasteiger partial charge in [0.15, 0.2) is 5.82 Å². The molecule has 0 fully saturated rings. The van der Waals surface area contributed by atoms with E-state index in [1.165, 1.54) is 5.56 Å². The van der Waals surface area contributed by atoms with E-state index in [-0.39, 0.29) is 17.2 Å². The Morgan fingerprint density at radius 1 is 1.14 bits per heavy atom. The molecular formula is C23H26N4O. The average Bonchev–Trinajstić information content (AvgIpc) is 3.12. The first-order valence-electron chi connectivity index (χ1n) is 9.84. The summed E-state index contributed by atoms with van der Waals surface area (Å²) in [6, 6.07) is 15.9. The highest BCUT2D eigenvalue weighted by molar-refractivity contribution is 5.95. The van der Waals surface area contributed by atoms with Crippen molar-refractivity contribution in [2.75, 3.05) is 5.32 Å². The quantitative estimate of drug-likeness (QED) is 0.727. The van der Waals surface area contributed by atoms with Crippen LogP contribution in [0.1, 0.15) is 56.4 Å². The number of nitrogens with one attached hydrogen (secondary N) is 1. The van der Waals surface area contributed by atoms with Crippen molar-refractivity contribution >= 4 is 11.7 Å². The van der Waals surface area contributed by atoms with Gasteiger partial charge < -0.3 is 5.32 Å². The number of hydrogen-bond acceptors (Lipinski definition) is 3. The number of pyridine rings is 1. The van der Waals surface area contributed by atoms with Crippen molar-refractivity contribution < 1.29 is 4.79 Å². The van der Waals surface area contributed by atoms with Crippen LogP contribution in [0.5, 0.6) is 0 Å². The van der Waals surface area contributed by atoms with E-state index in [2.05, 4.69) is 43.2 Å². The molecule has 0 saturated heterocycles. The van der Waals surface area contributed by atoms with Gasteiger partial charge in [-0.05, 0) is 42.5 Å². The number of amides is 1. The van der Waals surface area contributed by atoms with Gasteiger partial charge in [0, 0.05) is 17.7 Å². The van der Waals surface area contributed by atoms with Gasteiger partial charge in [-0.15, -0.1) is 0 Å². The highest BCUT2D eigenvalue weighted by Crippen LogP contribution is 2.33. The van der Waals surface area contributed by atoms with Gasteiger partial charge in [-0.25, -0.2) is 4.98 Å². The van der Waals surface area contributed by atoms with Gasteiger partial charge >= 0.3 is 0 Å². The van der Waals surface area contributed by atoms with Crippen LogP contribution in [0.3, 0.4) is 0 Å². The van der Waals surface area contributed by atoms with Crippen LogP contribution in [0.25, 0.3) is 5.82 Å². The molecule has 1 amide bonds. The number of anilines is 1. The number of aromatic nitrogens is 3. The number of nitrogens with zero attached hydrogens (tertiary/aromatic N) is 3. The van der Waals surface area contributed by atoms with Crippen LogP contribution in [0, 0.1) is 0 Å². The van der Waals surface area contributed by atoms with Crippen LogP contribution >= 0.6 is 0 Å². The molecule has 0 saturated carbocycles. The Morgan fingerprint density at radius 2 is 1.93 bits per heavy atom. The van der Waals surface area contributed by atoms with Crippen molar-refractivity contribution in [1.82, 2.24) is 14.8 Å². The topological polar surface area (TPSA) is 59.8 Å². The third kappa shape index (κ3) is 3.57. The molecule has 0 bridgehead atoms. The van der Waals surface area contributed by atoms with Crippen LogP contribution in [-0.2, 0) is 16.6 Å². The molecule has 5 nitrogen and oxygen atoms in total. The van der Waals surface area contributed by atoms with E-state index in [4.69, 9.17) is 5.10 Å². The number of benzene rings is 1. The van der Waals surface area contributed by atoms with Crippen molar-refractivity contribution in [1.29, 1.82) is 0 Å². The first-order valence-corrected chi connectivity index (χ1v) is 9.84. The lowest BCUT2D eigenvalue weighted by atomic mass is 9.82. The number of aryl methyl sites for hydroxylation is 1. The van der Waals surface area contributed by atoms with Gasteiger partial charge in [0.2, 0.25) is 5.91 Å². The van der Waals surface area contributed by atoms with Gasteiger partial charge in [-0.1, -0.05) is 51.1 Å². The summed E-state index contributed by atoms with van der Waals surface area (Å²) < 4.78 is 1.73. The van der Waals surface area contributed by atoms with Crippen LogP contribution in [-0.4, -0.2) is 20.7 Å². The smallest absolute Gasteiger partial charge is 0.233 e. The number of fused-ring (bicyclic) bond motifs is 1. The molecule has 1 atom stereocenters. The van der Waals surface area contributed by atoms with E-state index in [1.807, 2.05) is 36.4 Å². The maximum atomic E-state index is 13.2. The third-order valence-corrected chi connectivity index (χ3v) is 5.28. The highest BCUT2D eigenvalue weighted by atomic mass is 16.2. The van der Waals surface area contributed by atoms with Crippen molar-refractivity contribution in [3.63, 3.8) is 0 Å². The lowest BCUT2D eigenvalue weighted by molar-refractivity contribution is -0.117. The summed E-state index contributed by atoms with van der Waals surface area (Å²) in [6.45, 7) is 6.34. The lowest BCUT2D eigenvalue weighted by Crippen LogP contribution is -2.25. The second-order valence-corrected chi connectivity index (χ2v) is 8.40. The van der Waals surface area contributed by atoms with Gasteiger partial charge in [0.1, 0.15) is 5.82 Å². The molecule has 1 N–H and O–H groups in total. The molecule has 0 aliphatic heterocycles. The fraction of sp³-hybridized carbons (Fsp3) is 0.348. The molecule has 3 aromatic rings. The average molecular weight is 374 g/mol. The molecule has 1 aliphatic carbocycles. The first-order chi connectivity index (χ1) is 13.4. The first kappa shape index (κ1) is 18.4. The zero-order chi connectivity index (χ0) is 19.7. The van der Waals surface area contributed by atoms with Crippen molar-refractivity contribution in [3.8, 4) is 5.82 Å². The number of carbonyl (C=O) groups is 1. The molecule has 5 heteroatoms. The Labute approximate surface area is 165 Å². The molecule has 4 rings (SSSR count). The predicted molar refractivity (Wildman–Crippen MR) is 111 cm³/mol. The minimum absolute atomic E-state index is 0.0182. The monoisotopic (exact) mass is 374 g/mol. The van der Waals surface area contributed by atoms with Crippen molar-refractivity contribution in [3.05, 3.63) is 71.5 Å². The Bertz CT molecular complexity index is 985. The van der Waals surface area contributed by atoms with E-state index in [0.717, 1.165) is 30.5 Å². The summed E-state index contributed by atoms with van der Waals surface area (Å²) >= 11 is 0. The standard InChI is InChI=1S/C23H26N4O/c1-23(2,3)19-15-21(27(26-19)20-13-6-7-14-24-20)25-22(28)18-12-8-10-16-9-4-5-11-17(16)18/h4-7,9,11,13-15,18H,8,10,12H2,1-3H3,(H,25,28). The van der Waals surface area contributed by atoms with E-state index < -0.39 is 0 Å². The van der Waals surface area contributed by atoms with Crippen LogP contribution < -0.4 is 5.32 Å². The van der Waals surface area contributed by atoms with Gasteiger partial charge in [-0.2, -0.15) is 9.78 Å². The Kier molecular flexibility index (Phi) is 4.75. The molecule has 28 heavy (non-hydrogen) atoms. The van der Waals surface area contributed by atoms with Gasteiger partial charge in [0.05, 0.1) is 11.6 Å². The molecule has 1 aliphatic rings. The molecular weight excluding hydrogens is 348 g/mol. The molecule has 0 spiro atoms. The largest absolute Gasteiger partial charge is 0.310 e. The Hall–Kier alpha value is -2.95. The minimum atomic E-state index is -0.130. The van der Waals surface area contributed by atoms with Gasteiger partial charge in [0.25, 0.3) is 0 Å². The summed E-state index contributed by atoms with van der Waals surface area (Å²) in [6.07, 6.45) is 4.67. The fourth-order valence-corrected chi connectivity index (χ4v) is 3.73. The fourth-order valence-electron chi connectivity index (χ4n) is 3.73. The maximum Gasteiger partial charge on any atom is 0.233 e. The van der Waals surface area contributed by atoms with E-state index >= 15 is 0 Å². The molecule has 144 valence electrons. The molecule has 1 unspecified atom stereocenters. The van der Waals surface area contributed by atoms with Crippen LogP contribution in [0.2, 0.25) is 0 Å². The zero-order valence-corrected chi connectivity index (χ0v) is 16.6. The van der Waals surface area contributed by atoms with Crippen LogP contribution in [0.4, 0.5) is 5.82 Å². The summed E-state index contributed by atoms with van der Waals surface area (Å²) in [4.78, 5) is 17.6. The number of rotatable bonds is 3. The minimum Gasteiger partial charge on any atom is -0.310 e. The number of hydrogen-bond donors (Lipinski definition) is 1. The number of carbonyl (C=O) groups excluding carboxylic acids is 1. The SMILES string of the molecule is CC(C)(C)c1cc(NC(=O)C2CCCc3ccccc32)n(-c2ccccn2)n1. The zero-order valence-electron chi connectivity index (χ0n) is 16.6. The van der Waals surface area contributed by atoms with Crippen molar-refractivity contribution in [2.24, 2.45) is 0 Å². The second-order valence-electron chi connectivity index (χ2n) is 8.40.